The number of hydrogen-bond acceptors (Lipinski definition) is 2. The van der Waals surface area contributed by atoms with Crippen LogP contribution in [-0.4, -0.2) is 18.9 Å². The normalized spacial score (nSPS) is 20.1. The van der Waals surface area contributed by atoms with Crippen molar-refractivity contribution >= 4 is 23.1 Å². The van der Waals surface area contributed by atoms with Crippen molar-refractivity contribution in [3.8, 4) is 0 Å². The number of rotatable bonds is 2. The van der Waals surface area contributed by atoms with Crippen LogP contribution in [0, 0.1) is 11.3 Å². The van der Waals surface area contributed by atoms with Crippen molar-refractivity contribution in [1.29, 1.82) is 5.41 Å². The summed E-state index contributed by atoms with van der Waals surface area (Å²) in [7, 11) is 0. The molecule has 1 saturated heterocycles. The summed E-state index contributed by atoms with van der Waals surface area (Å²) in [6.45, 7) is 4.41. The van der Waals surface area contributed by atoms with Gasteiger partial charge in [-0.2, -0.15) is 0 Å². The monoisotopic (exact) mass is 237 g/mol. The van der Waals surface area contributed by atoms with E-state index in [0.29, 0.717) is 10.6 Å². The minimum absolute atomic E-state index is 0.0198. The molecular formula is C12H16ClN3. The predicted molar refractivity (Wildman–Crippen MR) is 68.5 cm³/mol. The van der Waals surface area contributed by atoms with Crippen molar-refractivity contribution in [1.82, 2.24) is 0 Å². The van der Waals surface area contributed by atoms with Crippen molar-refractivity contribution in [3.63, 3.8) is 0 Å². The van der Waals surface area contributed by atoms with Gasteiger partial charge in [0.1, 0.15) is 5.84 Å². The second-order valence-electron chi connectivity index (χ2n) is 4.42. The molecule has 0 radical (unpaired) electrons. The smallest absolute Gasteiger partial charge is 0.124 e. The van der Waals surface area contributed by atoms with Crippen molar-refractivity contribution in [2.24, 2.45) is 11.7 Å². The van der Waals surface area contributed by atoms with Crippen LogP contribution in [0.5, 0.6) is 0 Å². The maximum atomic E-state index is 7.37. The second-order valence-corrected chi connectivity index (χ2v) is 4.82. The molecule has 3 N–H and O–H groups in total. The van der Waals surface area contributed by atoms with Gasteiger partial charge in [-0.3, -0.25) is 5.41 Å². The van der Waals surface area contributed by atoms with Gasteiger partial charge in [0.15, 0.2) is 0 Å². The lowest BCUT2D eigenvalue weighted by Crippen LogP contribution is -2.19. The number of amidine groups is 1. The maximum absolute atomic E-state index is 7.37. The van der Waals surface area contributed by atoms with E-state index in [2.05, 4.69) is 11.8 Å². The first kappa shape index (κ1) is 11.3. The van der Waals surface area contributed by atoms with Gasteiger partial charge < -0.3 is 10.6 Å². The molecule has 0 aromatic heterocycles. The summed E-state index contributed by atoms with van der Waals surface area (Å²) >= 11 is 6.09. The SMILES string of the molecule is CC1CCN(c2ccc(C(=N)N)c(Cl)c2)C1. The lowest BCUT2D eigenvalue weighted by molar-refractivity contribution is 0.659. The molecule has 2 rings (SSSR count). The van der Waals surface area contributed by atoms with E-state index in [1.807, 2.05) is 18.2 Å². The molecule has 1 heterocycles. The third kappa shape index (κ3) is 2.14. The number of nitrogens with one attached hydrogen (secondary N) is 1. The van der Waals surface area contributed by atoms with Crippen molar-refractivity contribution in [3.05, 3.63) is 28.8 Å². The molecule has 0 saturated carbocycles. The first-order valence-corrected chi connectivity index (χ1v) is 5.84. The van der Waals surface area contributed by atoms with Gasteiger partial charge in [0.2, 0.25) is 0 Å². The Balaban J connectivity index is 2.24. The Hall–Kier alpha value is -1.22. The van der Waals surface area contributed by atoms with Crippen molar-refractivity contribution in [2.45, 2.75) is 13.3 Å². The quantitative estimate of drug-likeness (QED) is 0.613. The van der Waals surface area contributed by atoms with E-state index < -0.39 is 0 Å². The summed E-state index contributed by atoms with van der Waals surface area (Å²) in [5.41, 5.74) is 7.16. The predicted octanol–water partition coefficient (Wildman–Crippen LogP) is 2.47. The third-order valence-electron chi connectivity index (χ3n) is 3.03. The van der Waals surface area contributed by atoms with Crippen LogP contribution in [-0.2, 0) is 0 Å². The summed E-state index contributed by atoms with van der Waals surface area (Å²) in [5, 5.41) is 7.93. The Bertz CT molecular complexity index is 417. The fourth-order valence-electron chi connectivity index (χ4n) is 2.09. The average molecular weight is 238 g/mol. The van der Waals surface area contributed by atoms with Crippen LogP contribution in [0.3, 0.4) is 0 Å². The molecule has 1 aliphatic heterocycles. The Morgan fingerprint density at radius 3 is 2.81 bits per heavy atom. The zero-order valence-corrected chi connectivity index (χ0v) is 10.1. The average Bonchev–Trinajstić information content (AvgIpc) is 2.64. The molecule has 0 aliphatic carbocycles. The maximum Gasteiger partial charge on any atom is 0.124 e. The van der Waals surface area contributed by atoms with E-state index >= 15 is 0 Å². The highest BCUT2D eigenvalue weighted by molar-refractivity contribution is 6.34. The van der Waals surface area contributed by atoms with Crippen molar-refractivity contribution in [2.75, 3.05) is 18.0 Å². The topological polar surface area (TPSA) is 53.1 Å². The molecule has 0 bridgehead atoms. The lowest BCUT2D eigenvalue weighted by Gasteiger charge is -2.19. The molecule has 3 nitrogen and oxygen atoms in total. The standard InChI is InChI=1S/C12H16ClN3/c1-8-4-5-16(7-8)9-2-3-10(12(14)15)11(13)6-9/h2-3,6,8H,4-5,7H2,1H3,(H3,14,15). The summed E-state index contributed by atoms with van der Waals surface area (Å²) in [5.74, 6) is 0.762. The molecule has 1 aromatic carbocycles. The Kier molecular flexibility index (Phi) is 3.06. The number of nitrogen functional groups attached to an aromatic ring is 1. The van der Waals surface area contributed by atoms with Gasteiger partial charge in [-0.1, -0.05) is 18.5 Å². The Morgan fingerprint density at radius 2 is 2.31 bits per heavy atom. The van der Waals surface area contributed by atoms with Crippen molar-refractivity contribution < 1.29 is 0 Å². The van der Waals surface area contributed by atoms with E-state index in [1.165, 1.54) is 6.42 Å². The molecule has 1 aliphatic rings. The van der Waals surface area contributed by atoms with E-state index in [1.54, 1.807) is 0 Å². The fraction of sp³-hybridized carbons (Fsp3) is 0.417. The number of halogens is 1. The molecule has 86 valence electrons. The third-order valence-corrected chi connectivity index (χ3v) is 3.34. The zero-order valence-electron chi connectivity index (χ0n) is 9.33. The molecule has 1 unspecified atom stereocenters. The van der Waals surface area contributed by atoms with E-state index in [4.69, 9.17) is 22.7 Å². The van der Waals surface area contributed by atoms with E-state index in [0.717, 1.165) is 24.7 Å². The molecule has 1 atom stereocenters. The number of nitrogens with zero attached hydrogens (tertiary/aromatic N) is 1. The zero-order chi connectivity index (χ0) is 11.7. The summed E-state index contributed by atoms with van der Waals surface area (Å²) < 4.78 is 0. The second kappa shape index (κ2) is 4.34. The molecule has 1 fully saturated rings. The number of anilines is 1. The largest absolute Gasteiger partial charge is 0.384 e. The Labute approximate surface area is 101 Å². The fourth-order valence-corrected chi connectivity index (χ4v) is 2.37. The number of hydrogen-bond donors (Lipinski definition) is 2. The van der Waals surface area contributed by atoms with Gasteiger partial charge in [0.05, 0.1) is 5.02 Å². The van der Waals surface area contributed by atoms with E-state index in [9.17, 15) is 0 Å². The lowest BCUT2D eigenvalue weighted by atomic mass is 10.1. The molecule has 4 heteroatoms. The highest BCUT2D eigenvalue weighted by atomic mass is 35.5. The van der Waals surface area contributed by atoms with Crippen LogP contribution < -0.4 is 10.6 Å². The first-order valence-electron chi connectivity index (χ1n) is 5.47. The van der Waals surface area contributed by atoms with Crippen LogP contribution in [0.2, 0.25) is 5.02 Å². The van der Waals surface area contributed by atoms with Gasteiger partial charge >= 0.3 is 0 Å². The summed E-state index contributed by atoms with van der Waals surface area (Å²) in [4.78, 5) is 2.32. The highest BCUT2D eigenvalue weighted by Crippen LogP contribution is 2.27. The minimum atomic E-state index is 0.0198. The Morgan fingerprint density at radius 1 is 1.56 bits per heavy atom. The summed E-state index contributed by atoms with van der Waals surface area (Å²) in [6.07, 6.45) is 1.23. The summed E-state index contributed by atoms with van der Waals surface area (Å²) in [6, 6.07) is 5.71. The molecule has 1 aromatic rings. The minimum Gasteiger partial charge on any atom is -0.384 e. The van der Waals surface area contributed by atoms with Gasteiger partial charge in [-0.15, -0.1) is 0 Å². The van der Waals surface area contributed by atoms with Gasteiger partial charge in [-0.05, 0) is 30.5 Å². The molecule has 0 amide bonds. The van der Waals surface area contributed by atoms with Crippen LogP contribution >= 0.6 is 11.6 Å². The number of nitrogens with two attached hydrogens (primary N) is 1. The highest BCUT2D eigenvalue weighted by Gasteiger charge is 2.19. The van der Waals surface area contributed by atoms with E-state index in [-0.39, 0.29) is 5.84 Å². The first-order chi connectivity index (χ1) is 7.58. The van der Waals surface area contributed by atoms with Gasteiger partial charge in [-0.25, -0.2) is 0 Å². The van der Waals surface area contributed by atoms with Crippen LogP contribution in [0.15, 0.2) is 18.2 Å². The van der Waals surface area contributed by atoms with Gasteiger partial charge in [0, 0.05) is 24.3 Å². The van der Waals surface area contributed by atoms with Crippen LogP contribution in [0.4, 0.5) is 5.69 Å². The number of benzene rings is 1. The van der Waals surface area contributed by atoms with Crippen LogP contribution in [0.1, 0.15) is 18.9 Å². The van der Waals surface area contributed by atoms with Gasteiger partial charge in [0.25, 0.3) is 0 Å². The molecular weight excluding hydrogens is 222 g/mol. The van der Waals surface area contributed by atoms with Crippen LogP contribution in [0.25, 0.3) is 0 Å². The molecule has 16 heavy (non-hydrogen) atoms. The molecule has 0 spiro atoms.